The highest BCUT2D eigenvalue weighted by Gasteiger charge is 2.35. The summed E-state index contributed by atoms with van der Waals surface area (Å²) in [5.74, 6) is 1.88. The van der Waals surface area contributed by atoms with Gasteiger partial charge in [0.2, 0.25) is 11.7 Å². The lowest BCUT2D eigenvalue weighted by Gasteiger charge is -2.07. The Morgan fingerprint density at radius 3 is 3.00 bits per heavy atom. The van der Waals surface area contributed by atoms with E-state index in [1.165, 1.54) is 12.8 Å². The minimum atomic E-state index is 0.0179. The maximum atomic E-state index is 5.35. The lowest BCUT2D eigenvalue weighted by atomic mass is 10.2. The van der Waals surface area contributed by atoms with Crippen LogP contribution in [0, 0.1) is 5.92 Å². The molecule has 1 aromatic rings. The van der Waals surface area contributed by atoms with Gasteiger partial charge in [-0.05, 0) is 25.8 Å². The van der Waals surface area contributed by atoms with Gasteiger partial charge in [-0.3, -0.25) is 0 Å². The Morgan fingerprint density at radius 2 is 2.43 bits per heavy atom. The van der Waals surface area contributed by atoms with E-state index in [9.17, 15) is 0 Å². The molecular weight excluding hydrogens is 182 g/mol. The Morgan fingerprint density at radius 1 is 1.64 bits per heavy atom. The molecule has 5 nitrogen and oxygen atoms in total. The molecule has 1 unspecified atom stereocenters. The zero-order valence-corrected chi connectivity index (χ0v) is 8.49. The molecule has 0 saturated heterocycles. The van der Waals surface area contributed by atoms with Crippen molar-refractivity contribution in [2.45, 2.75) is 25.5 Å². The highest BCUT2D eigenvalue weighted by Crippen LogP contribution is 2.41. The number of aromatic nitrogens is 2. The van der Waals surface area contributed by atoms with Gasteiger partial charge in [0.25, 0.3) is 0 Å². The van der Waals surface area contributed by atoms with E-state index in [1.807, 2.05) is 7.05 Å². The fourth-order valence-electron chi connectivity index (χ4n) is 1.51. The second-order valence-corrected chi connectivity index (χ2v) is 3.57. The summed E-state index contributed by atoms with van der Waals surface area (Å²) in [7, 11) is 3.54. The Labute approximate surface area is 82.8 Å². The van der Waals surface area contributed by atoms with E-state index >= 15 is 0 Å². The number of nitrogens with zero attached hydrogens (tertiary/aromatic N) is 2. The third-order valence-electron chi connectivity index (χ3n) is 2.37. The molecule has 0 aromatic carbocycles. The molecule has 1 saturated carbocycles. The van der Waals surface area contributed by atoms with E-state index in [4.69, 9.17) is 9.26 Å². The summed E-state index contributed by atoms with van der Waals surface area (Å²) < 4.78 is 10.4. The van der Waals surface area contributed by atoms with Gasteiger partial charge in [0, 0.05) is 7.11 Å². The summed E-state index contributed by atoms with van der Waals surface area (Å²) in [4.78, 5) is 4.27. The molecule has 0 radical (unpaired) electrons. The Hall–Kier alpha value is -0.940. The molecule has 0 bridgehead atoms. The normalized spacial score (nSPS) is 18.4. The molecule has 0 spiro atoms. The van der Waals surface area contributed by atoms with Crippen molar-refractivity contribution < 1.29 is 9.26 Å². The first-order chi connectivity index (χ1) is 6.85. The van der Waals surface area contributed by atoms with Crippen LogP contribution >= 0.6 is 0 Å². The average Bonchev–Trinajstić information content (AvgIpc) is 2.90. The number of rotatable bonds is 5. The molecular formula is C9H15N3O2. The molecule has 1 aliphatic rings. The maximum Gasteiger partial charge on any atom is 0.240 e. The van der Waals surface area contributed by atoms with Crippen LogP contribution in [0.1, 0.15) is 30.7 Å². The van der Waals surface area contributed by atoms with Gasteiger partial charge >= 0.3 is 0 Å². The van der Waals surface area contributed by atoms with Crippen molar-refractivity contribution in [3.63, 3.8) is 0 Å². The predicted octanol–water partition coefficient (Wildman–Crippen LogP) is 0.886. The minimum Gasteiger partial charge on any atom is -0.373 e. The zero-order valence-electron chi connectivity index (χ0n) is 8.49. The fraction of sp³-hybridized carbons (Fsp3) is 0.778. The Bertz CT molecular complexity index is 296. The van der Waals surface area contributed by atoms with E-state index in [1.54, 1.807) is 7.11 Å². The van der Waals surface area contributed by atoms with E-state index < -0.39 is 0 Å². The van der Waals surface area contributed by atoms with Crippen LogP contribution in [0.15, 0.2) is 4.52 Å². The van der Waals surface area contributed by atoms with Crippen LogP contribution in [0.3, 0.4) is 0 Å². The van der Waals surface area contributed by atoms with E-state index in [0.29, 0.717) is 24.2 Å². The summed E-state index contributed by atoms with van der Waals surface area (Å²) in [6, 6.07) is 0. The van der Waals surface area contributed by atoms with Crippen LogP contribution in [0.25, 0.3) is 0 Å². The van der Waals surface area contributed by atoms with Crippen molar-refractivity contribution in [2.24, 2.45) is 5.92 Å². The summed E-state index contributed by atoms with van der Waals surface area (Å²) in [6.07, 6.45) is 2.42. The highest BCUT2D eigenvalue weighted by molar-refractivity contribution is 4.98. The number of ether oxygens (including phenoxy) is 1. The zero-order chi connectivity index (χ0) is 9.97. The van der Waals surface area contributed by atoms with Gasteiger partial charge in [-0.1, -0.05) is 5.16 Å². The Kier molecular flexibility index (Phi) is 2.79. The monoisotopic (exact) mass is 197 g/mol. The molecule has 0 aliphatic heterocycles. The van der Waals surface area contributed by atoms with Crippen molar-refractivity contribution in [2.75, 3.05) is 14.2 Å². The first-order valence-electron chi connectivity index (χ1n) is 4.85. The fourth-order valence-corrected chi connectivity index (χ4v) is 1.51. The number of nitrogens with one attached hydrogen (secondary N) is 1. The standard InChI is InChI=1S/C9H15N3O2/c1-10-5-7-11-9(12-14-7)8(13-2)6-3-4-6/h6,8,10H,3-5H2,1-2H3. The molecule has 1 atom stereocenters. The molecule has 2 rings (SSSR count). The predicted molar refractivity (Wildman–Crippen MR) is 49.5 cm³/mol. The molecule has 1 N–H and O–H groups in total. The SMILES string of the molecule is CNCc1nc(C(OC)C2CC2)no1. The van der Waals surface area contributed by atoms with Gasteiger partial charge in [-0.25, -0.2) is 0 Å². The number of hydrogen-bond acceptors (Lipinski definition) is 5. The maximum absolute atomic E-state index is 5.35. The van der Waals surface area contributed by atoms with Crippen LogP contribution in [0.5, 0.6) is 0 Å². The smallest absolute Gasteiger partial charge is 0.240 e. The Balaban J connectivity index is 2.05. The average molecular weight is 197 g/mol. The van der Waals surface area contributed by atoms with Gasteiger partial charge in [0.05, 0.1) is 6.54 Å². The topological polar surface area (TPSA) is 60.2 Å². The molecule has 1 aromatic heterocycles. The molecule has 78 valence electrons. The van der Waals surface area contributed by atoms with Crippen LogP contribution in [0.4, 0.5) is 0 Å². The van der Waals surface area contributed by atoms with Crippen LogP contribution in [-0.2, 0) is 11.3 Å². The molecule has 1 aliphatic carbocycles. The van der Waals surface area contributed by atoms with Crippen molar-refractivity contribution in [1.29, 1.82) is 0 Å². The first kappa shape index (κ1) is 9.61. The molecule has 5 heteroatoms. The van der Waals surface area contributed by atoms with Crippen molar-refractivity contribution >= 4 is 0 Å². The van der Waals surface area contributed by atoms with Crippen LogP contribution in [0.2, 0.25) is 0 Å². The number of hydrogen-bond donors (Lipinski definition) is 1. The summed E-state index contributed by atoms with van der Waals surface area (Å²) in [5.41, 5.74) is 0. The van der Waals surface area contributed by atoms with Gasteiger partial charge in [-0.15, -0.1) is 0 Å². The van der Waals surface area contributed by atoms with Gasteiger partial charge in [0.1, 0.15) is 6.10 Å². The van der Waals surface area contributed by atoms with E-state index in [0.717, 1.165) is 0 Å². The summed E-state index contributed by atoms with van der Waals surface area (Å²) in [6.45, 7) is 0.605. The second-order valence-electron chi connectivity index (χ2n) is 3.57. The van der Waals surface area contributed by atoms with Crippen LogP contribution in [-0.4, -0.2) is 24.3 Å². The van der Waals surface area contributed by atoms with Gasteiger partial charge in [0.15, 0.2) is 0 Å². The summed E-state index contributed by atoms with van der Waals surface area (Å²) >= 11 is 0. The summed E-state index contributed by atoms with van der Waals surface area (Å²) in [5, 5.41) is 6.88. The third kappa shape index (κ3) is 1.93. The van der Waals surface area contributed by atoms with Gasteiger partial charge in [-0.2, -0.15) is 4.98 Å². The van der Waals surface area contributed by atoms with Crippen LogP contribution < -0.4 is 5.32 Å². The molecule has 1 fully saturated rings. The molecule has 0 amide bonds. The van der Waals surface area contributed by atoms with Crippen molar-refractivity contribution in [1.82, 2.24) is 15.5 Å². The first-order valence-corrected chi connectivity index (χ1v) is 4.85. The van der Waals surface area contributed by atoms with Gasteiger partial charge < -0.3 is 14.6 Å². The lowest BCUT2D eigenvalue weighted by molar-refractivity contribution is 0.0751. The molecule has 1 heterocycles. The third-order valence-corrected chi connectivity index (χ3v) is 2.37. The molecule has 14 heavy (non-hydrogen) atoms. The van der Waals surface area contributed by atoms with E-state index in [2.05, 4.69) is 15.5 Å². The van der Waals surface area contributed by atoms with Crippen molar-refractivity contribution in [3.05, 3.63) is 11.7 Å². The lowest BCUT2D eigenvalue weighted by Crippen LogP contribution is -2.08. The second kappa shape index (κ2) is 4.06. The number of methoxy groups -OCH3 is 1. The van der Waals surface area contributed by atoms with Crippen molar-refractivity contribution in [3.8, 4) is 0 Å². The van der Waals surface area contributed by atoms with E-state index in [-0.39, 0.29) is 6.10 Å². The highest BCUT2D eigenvalue weighted by atomic mass is 16.5. The minimum absolute atomic E-state index is 0.0179. The quantitative estimate of drug-likeness (QED) is 0.759. The largest absolute Gasteiger partial charge is 0.373 e.